The predicted octanol–water partition coefficient (Wildman–Crippen LogP) is 4.71. The van der Waals surface area contributed by atoms with Gasteiger partial charge in [-0.2, -0.15) is 5.26 Å². The van der Waals surface area contributed by atoms with Crippen molar-refractivity contribution in [3.63, 3.8) is 0 Å². The fraction of sp³-hybridized carbons (Fsp3) is 0.238. The summed E-state index contributed by atoms with van der Waals surface area (Å²) in [6, 6.07) is 14.2. The summed E-state index contributed by atoms with van der Waals surface area (Å²) in [7, 11) is 1.61. The average molecular weight is 430 g/mol. The molecule has 0 spiro atoms. The lowest BCUT2D eigenvalue weighted by atomic mass is 9.86. The molecule has 2 aromatic carbocycles. The maximum absolute atomic E-state index is 14.5. The highest BCUT2D eigenvalue weighted by Crippen LogP contribution is 2.45. The van der Waals surface area contributed by atoms with Gasteiger partial charge in [-0.25, -0.2) is 4.39 Å². The van der Waals surface area contributed by atoms with E-state index >= 15 is 0 Å². The molecule has 8 heteroatoms. The topological polar surface area (TPSA) is 56.6 Å². The number of thioether (sulfide) groups is 1. The number of amides is 1. The van der Waals surface area contributed by atoms with Crippen molar-refractivity contribution in [1.82, 2.24) is 4.90 Å². The van der Waals surface area contributed by atoms with Gasteiger partial charge < -0.3 is 9.64 Å². The molecule has 0 saturated carbocycles. The minimum absolute atomic E-state index is 0.00403. The maximum Gasteiger partial charge on any atom is 0.229 e. The molecule has 0 aliphatic carbocycles. The van der Waals surface area contributed by atoms with Gasteiger partial charge in [-0.1, -0.05) is 29.4 Å². The van der Waals surface area contributed by atoms with Crippen LogP contribution in [0, 0.1) is 17.1 Å². The number of hydrogen-bond donors (Lipinski definition) is 0. The average Bonchev–Trinajstić information content (AvgIpc) is 2.74. The number of carbonyl (C=O) groups is 1. The lowest BCUT2D eigenvalue weighted by molar-refractivity contribution is -0.129. The third kappa shape index (κ3) is 3.54. The number of allylic oxidation sites excluding steroid dienone is 1. The summed E-state index contributed by atoms with van der Waals surface area (Å²) in [5.74, 6) is -0.0161. The molecule has 1 amide bonds. The molecule has 148 valence electrons. The molecular formula is C21H17ClFN3O2S. The number of nitrogens with zero attached hydrogens (tertiary/aromatic N) is 3. The molecular weight excluding hydrogens is 413 g/mol. The number of rotatable bonds is 3. The van der Waals surface area contributed by atoms with Crippen LogP contribution in [0.5, 0.6) is 5.75 Å². The van der Waals surface area contributed by atoms with Gasteiger partial charge in [0.15, 0.2) is 0 Å². The summed E-state index contributed by atoms with van der Waals surface area (Å²) in [5, 5.41) is 10.6. The molecule has 0 bridgehead atoms. The van der Waals surface area contributed by atoms with Gasteiger partial charge in [-0.3, -0.25) is 9.69 Å². The molecule has 0 N–H and O–H groups in total. The van der Waals surface area contributed by atoms with Crippen LogP contribution in [0.25, 0.3) is 0 Å². The van der Waals surface area contributed by atoms with E-state index in [1.165, 1.54) is 23.9 Å². The first-order chi connectivity index (χ1) is 14.0. The lowest BCUT2D eigenvalue weighted by Gasteiger charge is -2.42. The number of ether oxygens (including phenoxy) is 1. The van der Waals surface area contributed by atoms with Gasteiger partial charge in [0.2, 0.25) is 5.91 Å². The third-order valence-corrected chi connectivity index (χ3v) is 6.56. The minimum Gasteiger partial charge on any atom is -0.497 e. The second kappa shape index (κ2) is 7.97. The first-order valence-corrected chi connectivity index (χ1v) is 10.3. The Balaban J connectivity index is 1.67. The van der Waals surface area contributed by atoms with E-state index in [-0.39, 0.29) is 22.9 Å². The molecule has 1 atom stereocenters. The summed E-state index contributed by atoms with van der Waals surface area (Å²) >= 11 is 7.61. The summed E-state index contributed by atoms with van der Waals surface area (Å²) in [6.07, 6.45) is 0.00403. The zero-order chi connectivity index (χ0) is 20.5. The van der Waals surface area contributed by atoms with Crippen molar-refractivity contribution in [3.8, 4) is 11.8 Å². The molecule has 0 aromatic heterocycles. The molecule has 4 rings (SSSR count). The second-order valence-electron chi connectivity index (χ2n) is 6.70. The van der Waals surface area contributed by atoms with E-state index in [4.69, 9.17) is 16.3 Å². The Labute approximate surface area is 177 Å². The van der Waals surface area contributed by atoms with Gasteiger partial charge in [-0.05, 0) is 36.4 Å². The largest absolute Gasteiger partial charge is 0.497 e. The van der Waals surface area contributed by atoms with Crippen molar-refractivity contribution in [3.05, 3.63) is 69.5 Å². The number of halogens is 2. The van der Waals surface area contributed by atoms with E-state index < -0.39 is 11.7 Å². The zero-order valence-electron chi connectivity index (χ0n) is 15.6. The fourth-order valence-corrected chi connectivity index (χ4v) is 5.07. The number of anilines is 1. The summed E-state index contributed by atoms with van der Waals surface area (Å²) in [6.45, 7) is 0.330. The number of nitriles is 1. The molecule has 0 radical (unpaired) electrons. The van der Waals surface area contributed by atoms with Crippen molar-refractivity contribution in [2.24, 2.45) is 0 Å². The molecule has 29 heavy (non-hydrogen) atoms. The van der Waals surface area contributed by atoms with Crippen LogP contribution in [0.3, 0.4) is 0 Å². The number of benzene rings is 2. The van der Waals surface area contributed by atoms with Crippen molar-refractivity contribution >= 4 is 35.0 Å². The van der Waals surface area contributed by atoms with Gasteiger partial charge in [0.05, 0.1) is 36.3 Å². The highest BCUT2D eigenvalue weighted by atomic mass is 35.5. The quantitative estimate of drug-likeness (QED) is 0.707. The zero-order valence-corrected chi connectivity index (χ0v) is 17.1. The van der Waals surface area contributed by atoms with Crippen molar-refractivity contribution < 1.29 is 13.9 Å². The molecule has 2 heterocycles. The molecule has 2 aliphatic rings. The van der Waals surface area contributed by atoms with Crippen LogP contribution in [-0.2, 0) is 4.79 Å². The van der Waals surface area contributed by atoms with Gasteiger partial charge in [0, 0.05) is 28.6 Å². The molecule has 2 aromatic rings. The second-order valence-corrected chi connectivity index (χ2v) is 8.04. The van der Waals surface area contributed by atoms with Crippen LogP contribution in [0.15, 0.2) is 53.1 Å². The monoisotopic (exact) mass is 429 g/mol. The van der Waals surface area contributed by atoms with Gasteiger partial charge >= 0.3 is 0 Å². The van der Waals surface area contributed by atoms with Crippen LogP contribution < -0.4 is 9.64 Å². The van der Waals surface area contributed by atoms with E-state index in [0.29, 0.717) is 23.1 Å². The molecule has 0 unspecified atom stereocenters. The molecule has 5 nitrogen and oxygen atoms in total. The Kier molecular flexibility index (Phi) is 5.39. The van der Waals surface area contributed by atoms with Gasteiger partial charge in [0.25, 0.3) is 0 Å². The number of methoxy groups -OCH3 is 1. The third-order valence-electron chi connectivity index (χ3n) is 5.08. The highest BCUT2D eigenvalue weighted by molar-refractivity contribution is 8.03. The molecule has 1 fully saturated rings. The van der Waals surface area contributed by atoms with Crippen LogP contribution in [-0.4, -0.2) is 30.5 Å². The summed E-state index contributed by atoms with van der Waals surface area (Å²) in [4.78, 5) is 16.6. The van der Waals surface area contributed by atoms with Crippen molar-refractivity contribution in [2.45, 2.75) is 12.3 Å². The fourth-order valence-electron chi connectivity index (χ4n) is 3.61. The van der Waals surface area contributed by atoms with E-state index in [1.54, 1.807) is 18.1 Å². The van der Waals surface area contributed by atoms with Crippen LogP contribution >= 0.6 is 23.4 Å². The first kappa shape index (κ1) is 19.6. The van der Waals surface area contributed by atoms with Gasteiger partial charge in [-0.15, -0.1) is 0 Å². The SMILES string of the molecule is COc1ccc(N2CSC3=C(C#N)[C@H](c4c(F)cccc4Cl)CC(=O)N3C2)cc1. The van der Waals surface area contributed by atoms with E-state index in [0.717, 1.165) is 11.4 Å². The normalized spacial score (nSPS) is 19.1. The Hall–Kier alpha value is -2.69. The van der Waals surface area contributed by atoms with Crippen LogP contribution in [0.1, 0.15) is 17.9 Å². The maximum atomic E-state index is 14.5. The number of hydrogen-bond acceptors (Lipinski definition) is 5. The highest BCUT2D eigenvalue weighted by Gasteiger charge is 2.39. The van der Waals surface area contributed by atoms with Crippen molar-refractivity contribution in [2.75, 3.05) is 24.6 Å². The minimum atomic E-state index is -0.674. The first-order valence-electron chi connectivity index (χ1n) is 8.93. The van der Waals surface area contributed by atoms with Crippen LogP contribution in [0.2, 0.25) is 5.02 Å². The molecule has 1 saturated heterocycles. The molecule has 2 aliphatic heterocycles. The Morgan fingerprint density at radius 2 is 2.03 bits per heavy atom. The lowest BCUT2D eigenvalue weighted by Crippen LogP contribution is -2.47. The predicted molar refractivity (Wildman–Crippen MR) is 111 cm³/mol. The van der Waals surface area contributed by atoms with Crippen LogP contribution in [0.4, 0.5) is 10.1 Å². The van der Waals surface area contributed by atoms with E-state index in [2.05, 4.69) is 6.07 Å². The summed E-state index contributed by atoms with van der Waals surface area (Å²) in [5.41, 5.74) is 1.54. The van der Waals surface area contributed by atoms with Crippen molar-refractivity contribution in [1.29, 1.82) is 5.26 Å². The van der Waals surface area contributed by atoms with E-state index in [9.17, 15) is 14.4 Å². The van der Waals surface area contributed by atoms with Gasteiger partial charge in [0.1, 0.15) is 11.6 Å². The van der Waals surface area contributed by atoms with E-state index in [1.807, 2.05) is 29.2 Å². The Bertz CT molecular complexity index is 1010. The Morgan fingerprint density at radius 3 is 2.69 bits per heavy atom. The summed E-state index contributed by atoms with van der Waals surface area (Å²) < 4.78 is 19.7. The number of fused-ring (bicyclic) bond motifs is 1. The Morgan fingerprint density at radius 1 is 1.28 bits per heavy atom. The standard InChI is InChI=1S/C21H17ClFN3O2S/c1-28-14-7-5-13(6-8-14)25-11-26-19(27)9-15(16(10-24)21(26)29-12-25)20-17(22)3-2-4-18(20)23/h2-8,15H,9,11-12H2,1H3/t15-/m1/s1. The smallest absolute Gasteiger partial charge is 0.229 e. The number of carbonyl (C=O) groups excluding carboxylic acids is 1.